The van der Waals surface area contributed by atoms with Crippen molar-refractivity contribution >= 4 is 12.4 Å². The van der Waals surface area contributed by atoms with E-state index in [1.165, 1.54) is 24.3 Å². The van der Waals surface area contributed by atoms with Crippen LogP contribution < -0.4 is 0 Å². The monoisotopic (exact) mass is 131 g/mol. The van der Waals surface area contributed by atoms with E-state index in [2.05, 4.69) is 6.07 Å². The van der Waals surface area contributed by atoms with Crippen LogP contribution in [0.25, 0.3) is 0 Å². The van der Waals surface area contributed by atoms with E-state index >= 15 is 0 Å². The van der Waals surface area contributed by atoms with Crippen LogP contribution in [0.5, 0.6) is 0 Å². The first-order valence-corrected chi connectivity index (χ1v) is 2.01. The van der Waals surface area contributed by atoms with Crippen LogP contribution in [-0.2, 0) is 0 Å². The molecule has 0 unspecified atom stereocenters. The fourth-order valence-corrected chi connectivity index (χ4v) is 0.367. The zero-order chi connectivity index (χ0) is 5.11. The average Bonchev–Trinajstić information content (AvgIpc) is 1.69. The number of hydrogen-bond donors (Lipinski definition) is 0. The molecule has 0 N–H and O–H groups in total. The van der Waals surface area contributed by atoms with Crippen molar-refractivity contribution in [3.05, 3.63) is 36.1 Å². The fourth-order valence-electron chi connectivity index (χ4n) is 0.367. The van der Waals surface area contributed by atoms with Gasteiger partial charge in [-0.1, -0.05) is 12.1 Å². The molecule has 1 aromatic rings. The van der Waals surface area contributed by atoms with E-state index < -0.39 is 0 Å². The summed E-state index contributed by atoms with van der Waals surface area (Å²) in [6.45, 7) is 0. The van der Waals surface area contributed by atoms with Crippen LogP contribution >= 0.6 is 12.4 Å². The zero-order valence-corrected chi connectivity index (χ0v) is 4.91. The Hall–Kier alpha value is -0.560. The van der Waals surface area contributed by atoms with Gasteiger partial charge >= 0.3 is 0 Å². The van der Waals surface area contributed by atoms with Gasteiger partial charge in [-0.25, -0.2) is 4.39 Å². The van der Waals surface area contributed by atoms with Crippen molar-refractivity contribution in [2.24, 2.45) is 0 Å². The summed E-state index contributed by atoms with van der Waals surface area (Å²) in [7, 11) is 0. The summed E-state index contributed by atoms with van der Waals surface area (Å²) in [5.41, 5.74) is 0. The van der Waals surface area contributed by atoms with Crippen molar-refractivity contribution in [3.63, 3.8) is 0 Å². The van der Waals surface area contributed by atoms with E-state index in [1.807, 2.05) is 0 Å². The van der Waals surface area contributed by atoms with Crippen molar-refractivity contribution < 1.29 is 4.39 Å². The maximum absolute atomic E-state index is 11.9. The van der Waals surface area contributed by atoms with Crippen molar-refractivity contribution in [2.45, 2.75) is 0 Å². The first-order chi connectivity index (χ1) is 3.39. The van der Waals surface area contributed by atoms with E-state index in [0.717, 1.165) is 0 Å². The van der Waals surface area contributed by atoms with Gasteiger partial charge in [0.25, 0.3) is 0 Å². The molecule has 0 saturated carbocycles. The van der Waals surface area contributed by atoms with Gasteiger partial charge in [-0.05, 0) is 18.2 Å². The number of benzene rings is 1. The predicted octanol–water partition coefficient (Wildman–Crippen LogP) is 2.05. The molecule has 0 bridgehead atoms. The molecule has 0 saturated heterocycles. The highest BCUT2D eigenvalue weighted by Crippen LogP contribution is 1.91. The maximum Gasteiger partial charge on any atom is 0.123 e. The minimum absolute atomic E-state index is 0. The maximum atomic E-state index is 11.9. The van der Waals surface area contributed by atoms with Crippen LogP contribution in [0.4, 0.5) is 4.39 Å². The minimum Gasteiger partial charge on any atom is -0.207 e. The Kier molecular flexibility index (Phi) is 3.20. The summed E-state index contributed by atoms with van der Waals surface area (Å²) in [4.78, 5) is 0. The molecule has 0 atom stereocenters. The second-order valence-corrected chi connectivity index (χ2v) is 1.22. The Labute approximate surface area is 53.8 Å². The third-order valence-corrected chi connectivity index (χ3v) is 0.678. The molecule has 0 aliphatic rings. The third-order valence-electron chi connectivity index (χ3n) is 0.678. The molecule has 1 radical (unpaired) electrons. The van der Waals surface area contributed by atoms with Gasteiger partial charge in [0.2, 0.25) is 0 Å². The number of rotatable bonds is 0. The molecule has 0 nitrogen and oxygen atoms in total. The van der Waals surface area contributed by atoms with Crippen molar-refractivity contribution in [2.75, 3.05) is 0 Å². The lowest BCUT2D eigenvalue weighted by Gasteiger charge is -1.77. The van der Waals surface area contributed by atoms with Crippen LogP contribution in [0.1, 0.15) is 0 Å². The van der Waals surface area contributed by atoms with Crippen LogP contribution in [0.15, 0.2) is 24.3 Å². The van der Waals surface area contributed by atoms with E-state index in [9.17, 15) is 4.39 Å². The van der Waals surface area contributed by atoms with Crippen molar-refractivity contribution in [3.8, 4) is 0 Å². The Morgan fingerprint density at radius 2 is 1.75 bits per heavy atom. The van der Waals surface area contributed by atoms with Gasteiger partial charge in [-0.2, -0.15) is 0 Å². The summed E-state index contributed by atoms with van der Waals surface area (Å²) in [5.74, 6) is -0.209. The average molecular weight is 132 g/mol. The molecule has 0 aromatic heterocycles. The molecular weight excluding hydrogens is 127 g/mol. The number of hydrogen-bond acceptors (Lipinski definition) is 0. The van der Waals surface area contributed by atoms with Crippen LogP contribution in [0.3, 0.4) is 0 Å². The van der Waals surface area contributed by atoms with Crippen LogP contribution in [-0.4, -0.2) is 0 Å². The van der Waals surface area contributed by atoms with Gasteiger partial charge in [0, 0.05) is 0 Å². The Morgan fingerprint density at radius 3 is 2.00 bits per heavy atom. The van der Waals surface area contributed by atoms with Gasteiger partial charge in [0.05, 0.1) is 0 Å². The summed E-state index contributed by atoms with van der Waals surface area (Å²) >= 11 is 0. The Bertz CT molecular complexity index is 138. The van der Waals surface area contributed by atoms with Crippen molar-refractivity contribution in [1.82, 2.24) is 0 Å². The minimum atomic E-state index is -0.209. The molecule has 0 aliphatic carbocycles. The van der Waals surface area contributed by atoms with Gasteiger partial charge in [0.1, 0.15) is 5.82 Å². The summed E-state index contributed by atoms with van der Waals surface area (Å²) < 4.78 is 11.9. The molecule has 43 valence electrons. The molecular formula is C6H5ClF. The molecule has 0 amide bonds. The van der Waals surface area contributed by atoms with Gasteiger partial charge < -0.3 is 0 Å². The molecule has 0 heterocycles. The molecule has 1 aromatic carbocycles. The van der Waals surface area contributed by atoms with E-state index in [4.69, 9.17) is 0 Å². The highest BCUT2D eigenvalue weighted by atomic mass is 35.5. The molecule has 0 fully saturated rings. The summed E-state index contributed by atoms with van der Waals surface area (Å²) in [6.07, 6.45) is 0. The molecule has 2 heteroatoms. The normalized spacial score (nSPS) is 7.62. The third kappa shape index (κ3) is 1.94. The first kappa shape index (κ1) is 7.44. The lowest BCUT2D eigenvalue weighted by molar-refractivity contribution is 0.628. The lowest BCUT2D eigenvalue weighted by Crippen LogP contribution is -1.64. The Morgan fingerprint density at radius 1 is 1.25 bits per heavy atom. The highest BCUT2D eigenvalue weighted by Gasteiger charge is 1.77. The van der Waals surface area contributed by atoms with Crippen LogP contribution in [0, 0.1) is 11.9 Å². The molecule has 1 rings (SSSR count). The van der Waals surface area contributed by atoms with Crippen molar-refractivity contribution in [1.29, 1.82) is 0 Å². The summed E-state index contributed by atoms with van der Waals surface area (Å²) in [5, 5.41) is 0. The zero-order valence-electron chi connectivity index (χ0n) is 4.10. The quantitative estimate of drug-likeness (QED) is 0.506. The lowest BCUT2D eigenvalue weighted by atomic mass is 10.4. The highest BCUT2D eigenvalue weighted by molar-refractivity contribution is 5.85. The fraction of sp³-hybridized carbons (Fsp3) is 0. The predicted molar refractivity (Wildman–Crippen MR) is 32.5 cm³/mol. The SMILES string of the molecule is Cl.Fc1cc[c]cc1. The van der Waals surface area contributed by atoms with E-state index in [0.29, 0.717) is 0 Å². The van der Waals surface area contributed by atoms with Crippen LogP contribution in [0.2, 0.25) is 0 Å². The smallest absolute Gasteiger partial charge is 0.123 e. The summed E-state index contributed by atoms with van der Waals surface area (Å²) in [6, 6.07) is 8.49. The number of halogens is 2. The van der Waals surface area contributed by atoms with E-state index in [1.54, 1.807) is 0 Å². The van der Waals surface area contributed by atoms with E-state index in [-0.39, 0.29) is 18.2 Å². The second-order valence-electron chi connectivity index (χ2n) is 1.22. The Balaban J connectivity index is 0.000000490. The first-order valence-electron chi connectivity index (χ1n) is 2.01. The topological polar surface area (TPSA) is 0 Å². The molecule has 0 aliphatic heterocycles. The molecule has 8 heavy (non-hydrogen) atoms. The molecule has 0 spiro atoms. The van der Waals surface area contributed by atoms with Gasteiger partial charge in [0.15, 0.2) is 0 Å². The standard InChI is InChI=1S/C6H4F.ClH/c7-6-4-2-1-3-5-6;/h2-5H;1H. The second kappa shape index (κ2) is 3.44. The van der Waals surface area contributed by atoms with Gasteiger partial charge in [-0.15, -0.1) is 12.4 Å². The van der Waals surface area contributed by atoms with Gasteiger partial charge in [-0.3, -0.25) is 0 Å². The largest absolute Gasteiger partial charge is 0.207 e.